The molecule has 1 N–H and O–H groups in total. The zero-order valence-corrected chi connectivity index (χ0v) is 13.8. The molecule has 1 saturated heterocycles. The van der Waals surface area contributed by atoms with Crippen LogP contribution in [0.3, 0.4) is 0 Å². The molecule has 1 aliphatic heterocycles. The highest BCUT2D eigenvalue weighted by molar-refractivity contribution is 9.10. The fourth-order valence-corrected chi connectivity index (χ4v) is 3.24. The molecule has 1 aromatic heterocycles. The first kappa shape index (κ1) is 14.8. The van der Waals surface area contributed by atoms with Crippen molar-refractivity contribution in [1.82, 2.24) is 4.90 Å². The maximum Gasteiger partial charge on any atom is 0.134 e. The van der Waals surface area contributed by atoms with Crippen LogP contribution in [0.1, 0.15) is 25.5 Å². The molecule has 4 heteroatoms. The zero-order chi connectivity index (χ0) is 14.9. The number of rotatable bonds is 5. The van der Waals surface area contributed by atoms with Gasteiger partial charge in [0.15, 0.2) is 0 Å². The first-order chi connectivity index (χ1) is 10.1. The molecule has 0 saturated carbocycles. The van der Waals surface area contributed by atoms with Gasteiger partial charge < -0.3 is 9.52 Å². The number of likely N-dealkylation sites (tertiary alicyclic amines) is 1. The standard InChI is InChI=1S/C17H20BrNO2/c1-2-9-17(20)11-19(12-17)10-15-7-8-16(21-15)13-3-5-14(18)6-4-13/h3-8,20H,2,9-12H2,1H3. The van der Waals surface area contributed by atoms with E-state index in [2.05, 4.69) is 27.8 Å². The van der Waals surface area contributed by atoms with Crippen LogP contribution in [0.5, 0.6) is 0 Å². The van der Waals surface area contributed by atoms with E-state index in [9.17, 15) is 5.11 Å². The molecule has 3 nitrogen and oxygen atoms in total. The second kappa shape index (κ2) is 5.95. The lowest BCUT2D eigenvalue weighted by Gasteiger charge is -2.46. The van der Waals surface area contributed by atoms with Crippen molar-refractivity contribution in [2.24, 2.45) is 0 Å². The minimum Gasteiger partial charge on any atom is -0.460 e. The minimum absolute atomic E-state index is 0.476. The van der Waals surface area contributed by atoms with E-state index in [0.29, 0.717) is 0 Å². The number of furan rings is 1. The SMILES string of the molecule is CCCC1(O)CN(Cc2ccc(-c3ccc(Br)cc3)o2)C1. The highest BCUT2D eigenvalue weighted by Gasteiger charge is 2.40. The summed E-state index contributed by atoms with van der Waals surface area (Å²) in [5, 5.41) is 10.2. The van der Waals surface area contributed by atoms with E-state index in [-0.39, 0.29) is 0 Å². The first-order valence-electron chi connectivity index (χ1n) is 7.37. The van der Waals surface area contributed by atoms with Crippen molar-refractivity contribution in [3.63, 3.8) is 0 Å². The predicted molar refractivity (Wildman–Crippen MR) is 87.0 cm³/mol. The Morgan fingerprint density at radius 2 is 1.90 bits per heavy atom. The van der Waals surface area contributed by atoms with Crippen molar-refractivity contribution in [2.45, 2.75) is 31.9 Å². The summed E-state index contributed by atoms with van der Waals surface area (Å²) in [6.07, 6.45) is 1.91. The summed E-state index contributed by atoms with van der Waals surface area (Å²) >= 11 is 3.44. The Morgan fingerprint density at radius 3 is 2.57 bits per heavy atom. The van der Waals surface area contributed by atoms with E-state index in [0.717, 1.165) is 54.0 Å². The zero-order valence-electron chi connectivity index (χ0n) is 12.2. The average Bonchev–Trinajstić information content (AvgIpc) is 2.87. The van der Waals surface area contributed by atoms with Crippen LogP contribution in [-0.2, 0) is 6.54 Å². The molecule has 3 rings (SSSR count). The van der Waals surface area contributed by atoms with Gasteiger partial charge in [-0.3, -0.25) is 4.90 Å². The Labute approximate surface area is 133 Å². The number of aliphatic hydroxyl groups is 1. The largest absolute Gasteiger partial charge is 0.460 e. The van der Waals surface area contributed by atoms with Crippen LogP contribution in [0.4, 0.5) is 0 Å². The molecule has 0 amide bonds. The predicted octanol–water partition coefficient (Wildman–Crippen LogP) is 4.06. The van der Waals surface area contributed by atoms with Gasteiger partial charge in [-0.1, -0.05) is 41.4 Å². The highest BCUT2D eigenvalue weighted by atomic mass is 79.9. The van der Waals surface area contributed by atoms with Crippen LogP contribution < -0.4 is 0 Å². The summed E-state index contributed by atoms with van der Waals surface area (Å²) in [4.78, 5) is 2.22. The van der Waals surface area contributed by atoms with Gasteiger partial charge in [0, 0.05) is 23.1 Å². The molecule has 0 bridgehead atoms. The van der Waals surface area contributed by atoms with Crippen molar-refractivity contribution < 1.29 is 9.52 Å². The van der Waals surface area contributed by atoms with Crippen LogP contribution >= 0.6 is 15.9 Å². The van der Waals surface area contributed by atoms with Crippen molar-refractivity contribution in [1.29, 1.82) is 0 Å². The van der Waals surface area contributed by atoms with Crippen molar-refractivity contribution in [3.8, 4) is 11.3 Å². The molecule has 0 aliphatic carbocycles. The van der Waals surface area contributed by atoms with E-state index >= 15 is 0 Å². The third-order valence-electron chi connectivity index (χ3n) is 3.92. The quantitative estimate of drug-likeness (QED) is 0.884. The summed E-state index contributed by atoms with van der Waals surface area (Å²) in [5.74, 6) is 1.84. The molecule has 0 spiro atoms. The van der Waals surface area contributed by atoms with Gasteiger partial charge in [0.1, 0.15) is 11.5 Å². The molecule has 0 atom stereocenters. The third kappa shape index (κ3) is 3.39. The number of hydrogen-bond donors (Lipinski definition) is 1. The first-order valence-corrected chi connectivity index (χ1v) is 8.17. The normalized spacial score (nSPS) is 17.7. The van der Waals surface area contributed by atoms with E-state index in [1.54, 1.807) is 0 Å². The van der Waals surface area contributed by atoms with Crippen LogP contribution in [-0.4, -0.2) is 28.7 Å². The topological polar surface area (TPSA) is 36.6 Å². The fraction of sp³-hybridized carbons (Fsp3) is 0.412. The molecular weight excluding hydrogens is 330 g/mol. The number of β-amino-alcohol motifs (C(OH)–C–C–N with tert-alkyl or cyclic N) is 1. The van der Waals surface area contributed by atoms with Gasteiger partial charge in [-0.05, 0) is 30.7 Å². The van der Waals surface area contributed by atoms with Gasteiger partial charge in [0.05, 0.1) is 12.1 Å². The van der Waals surface area contributed by atoms with E-state index < -0.39 is 5.60 Å². The second-order valence-electron chi connectivity index (χ2n) is 5.89. The van der Waals surface area contributed by atoms with Crippen LogP contribution in [0, 0.1) is 0 Å². The number of halogens is 1. The van der Waals surface area contributed by atoms with E-state index in [1.807, 2.05) is 36.4 Å². The molecule has 1 fully saturated rings. The summed E-state index contributed by atoms with van der Waals surface area (Å²) < 4.78 is 6.97. The summed E-state index contributed by atoms with van der Waals surface area (Å²) in [5.41, 5.74) is 0.603. The van der Waals surface area contributed by atoms with Crippen LogP contribution in [0.2, 0.25) is 0 Å². The maximum atomic E-state index is 10.2. The van der Waals surface area contributed by atoms with E-state index in [4.69, 9.17) is 4.42 Å². The molecule has 21 heavy (non-hydrogen) atoms. The Bertz CT molecular complexity index is 600. The van der Waals surface area contributed by atoms with Gasteiger partial charge in [-0.15, -0.1) is 0 Å². The molecule has 2 aromatic rings. The minimum atomic E-state index is -0.476. The average molecular weight is 350 g/mol. The summed E-state index contributed by atoms with van der Waals surface area (Å²) in [6.45, 7) is 4.37. The highest BCUT2D eigenvalue weighted by Crippen LogP contribution is 2.29. The lowest BCUT2D eigenvalue weighted by atomic mass is 9.89. The van der Waals surface area contributed by atoms with Gasteiger partial charge >= 0.3 is 0 Å². The molecule has 1 aromatic carbocycles. The van der Waals surface area contributed by atoms with Crippen LogP contribution in [0.25, 0.3) is 11.3 Å². The van der Waals surface area contributed by atoms with Gasteiger partial charge in [-0.2, -0.15) is 0 Å². The van der Waals surface area contributed by atoms with Gasteiger partial charge in [-0.25, -0.2) is 0 Å². The van der Waals surface area contributed by atoms with E-state index in [1.165, 1.54) is 0 Å². The molecule has 2 heterocycles. The van der Waals surface area contributed by atoms with Crippen molar-refractivity contribution in [2.75, 3.05) is 13.1 Å². The third-order valence-corrected chi connectivity index (χ3v) is 4.45. The Morgan fingerprint density at radius 1 is 1.19 bits per heavy atom. The lowest BCUT2D eigenvalue weighted by Crippen LogP contribution is -2.60. The monoisotopic (exact) mass is 349 g/mol. The van der Waals surface area contributed by atoms with Crippen LogP contribution in [0.15, 0.2) is 45.3 Å². The summed E-state index contributed by atoms with van der Waals surface area (Å²) in [6, 6.07) is 12.1. The molecule has 1 aliphatic rings. The molecule has 0 radical (unpaired) electrons. The summed E-state index contributed by atoms with van der Waals surface area (Å²) in [7, 11) is 0. The lowest BCUT2D eigenvalue weighted by molar-refractivity contribution is -0.108. The fourth-order valence-electron chi connectivity index (χ4n) is 2.97. The molecule has 0 unspecified atom stereocenters. The molecular formula is C17H20BrNO2. The smallest absolute Gasteiger partial charge is 0.134 e. The number of hydrogen-bond acceptors (Lipinski definition) is 3. The van der Waals surface area contributed by atoms with Gasteiger partial charge in [0.25, 0.3) is 0 Å². The van der Waals surface area contributed by atoms with Crippen molar-refractivity contribution >= 4 is 15.9 Å². The van der Waals surface area contributed by atoms with Gasteiger partial charge in [0.2, 0.25) is 0 Å². The Hall–Kier alpha value is -1.10. The Balaban J connectivity index is 1.60. The molecule has 112 valence electrons. The Kier molecular flexibility index (Phi) is 4.20. The number of benzene rings is 1. The second-order valence-corrected chi connectivity index (χ2v) is 6.81. The number of nitrogens with zero attached hydrogens (tertiary/aromatic N) is 1. The van der Waals surface area contributed by atoms with Crippen molar-refractivity contribution in [3.05, 3.63) is 46.6 Å². The maximum absolute atomic E-state index is 10.2.